The lowest BCUT2D eigenvalue weighted by atomic mass is 10.1. The number of nitrogens with zero attached hydrogens (tertiary/aromatic N) is 1. The minimum absolute atomic E-state index is 0.123. The van der Waals surface area contributed by atoms with Crippen LogP contribution < -0.4 is 15.5 Å². The summed E-state index contributed by atoms with van der Waals surface area (Å²) in [7, 11) is 0. The van der Waals surface area contributed by atoms with Gasteiger partial charge in [0.15, 0.2) is 0 Å². The molecule has 2 rings (SSSR count). The maximum Gasteiger partial charge on any atom is 0.319 e. The molecule has 0 atom stereocenters. The van der Waals surface area contributed by atoms with Crippen molar-refractivity contribution in [2.24, 2.45) is 5.92 Å². The number of amides is 2. The molecule has 0 aromatic heterocycles. The molecule has 1 heterocycles. The Hall–Kier alpha value is -1.36. The first-order chi connectivity index (χ1) is 10.6. The number of urea groups is 1. The van der Waals surface area contributed by atoms with Crippen LogP contribution in [0.25, 0.3) is 0 Å². The van der Waals surface area contributed by atoms with Crippen molar-refractivity contribution >= 4 is 29.2 Å². The van der Waals surface area contributed by atoms with E-state index in [0.29, 0.717) is 12.5 Å². The normalized spacial score (nSPS) is 15.0. The topological polar surface area (TPSA) is 44.4 Å². The van der Waals surface area contributed by atoms with Gasteiger partial charge in [0, 0.05) is 42.5 Å². The highest BCUT2D eigenvalue weighted by atomic mass is 32.2. The Labute approximate surface area is 138 Å². The maximum absolute atomic E-state index is 11.9. The molecule has 0 bridgehead atoms. The molecule has 0 saturated carbocycles. The first-order valence-electron chi connectivity index (χ1n) is 8.04. The second-order valence-corrected chi connectivity index (χ2v) is 7.39. The van der Waals surface area contributed by atoms with Crippen LogP contribution in [0.1, 0.15) is 25.8 Å². The summed E-state index contributed by atoms with van der Waals surface area (Å²) < 4.78 is 0. The maximum atomic E-state index is 11.9. The van der Waals surface area contributed by atoms with Gasteiger partial charge in [0.05, 0.1) is 0 Å². The summed E-state index contributed by atoms with van der Waals surface area (Å²) in [6.45, 7) is 9.34. The van der Waals surface area contributed by atoms with E-state index in [4.69, 9.17) is 0 Å². The summed E-state index contributed by atoms with van der Waals surface area (Å²) in [4.78, 5) is 14.3. The van der Waals surface area contributed by atoms with Gasteiger partial charge in [-0.1, -0.05) is 13.8 Å². The third kappa shape index (κ3) is 5.13. The van der Waals surface area contributed by atoms with E-state index in [9.17, 15) is 4.79 Å². The molecule has 2 N–H and O–H groups in total. The van der Waals surface area contributed by atoms with Gasteiger partial charge in [-0.05, 0) is 43.0 Å². The number of hydrogen-bond donors (Lipinski definition) is 2. The molecular weight excluding hydrogens is 294 g/mol. The number of hydrogen-bond acceptors (Lipinski definition) is 3. The quantitative estimate of drug-likeness (QED) is 0.869. The van der Waals surface area contributed by atoms with Crippen molar-refractivity contribution in [1.82, 2.24) is 5.32 Å². The fourth-order valence-electron chi connectivity index (χ4n) is 2.54. The van der Waals surface area contributed by atoms with Crippen molar-refractivity contribution in [3.05, 3.63) is 23.8 Å². The van der Waals surface area contributed by atoms with Gasteiger partial charge in [-0.3, -0.25) is 0 Å². The average molecular weight is 321 g/mol. The third-order valence-corrected chi connectivity index (χ3v) is 4.76. The predicted octanol–water partition coefficient (Wildman–Crippen LogP) is 3.72. The molecule has 122 valence electrons. The minimum Gasteiger partial charge on any atom is -0.370 e. The zero-order chi connectivity index (χ0) is 15.9. The lowest BCUT2D eigenvalue weighted by molar-refractivity contribution is 0.251. The first-order valence-corrected chi connectivity index (χ1v) is 9.20. The van der Waals surface area contributed by atoms with Gasteiger partial charge in [-0.15, -0.1) is 0 Å². The summed E-state index contributed by atoms with van der Waals surface area (Å²) in [5, 5.41) is 5.81. The summed E-state index contributed by atoms with van der Waals surface area (Å²) in [5.41, 5.74) is 3.35. The van der Waals surface area contributed by atoms with Crippen LogP contribution in [0.15, 0.2) is 18.2 Å². The molecule has 0 aliphatic carbocycles. The Morgan fingerprint density at radius 2 is 2.05 bits per heavy atom. The van der Waals surface area contributed by atoms with Crippen molar-refractivity contribution in [2.75, 3.05) is 41.4 Å². The number of anilines is 2. The van der Waals surface area contributed by atoms with E-state index < -0.39 is 0 Å². The number of carbonyl (C=O) groups is 1. The fourth-order valence-corrected chi connectivity index (χ4v) is 3.45. The van der Waals surface area contributed by atoms with Gasteiger partial charge in [0.25, 0.3) is 0 Å². The molecular formula is C17H27N3OS. The monoisotopic (exact) mass is 321 g/mol. The molecule has 2 amide bonds. The molecule has 0 radical (unpaired) electrons. The second-order valence-electron chi connectivity index (χ2n) is 6.16. The number of aryl methyl sites for hydroxylation is 1. The predicted molar refractivity (Wildman–Crippen MR) is 97.2 cm³/mol. The zero-order valence-electron chi connectivity index (χ0n) is 13.8. The zero-order valence-corrected chi connectivity index (χ0v) is 14.6. The molecule has 5 heteroatoms. The Kier molecular flexibility index (Phi) is 6.43. The minimum atomic E-state index is -0.123. The van der Waals surface area contributed by atoms with Gasteiger partial charge < -0.3 is 15.5 Å². The van der Waals surface area contributed by atoms with Crippen LogP contribution in [0.2, 0.25) is 0 Å². The molecule has 1 aliphatic rings. The summed E-state index contributed by atoms with van der Waals surface area (Å²) >= 11 is 2.01. The van der Waals surface area contributed by atoms with Crippen molar-refractivity contribution in [3.63, 3.8) is 0 Å². The summed E-state index contributed by atoms with van der Waals surface area (Å²) in [6, 6.07) is 6.04. The van der Waals surface area contributed by atoms with Crippen LogP contribution in [0.3, 0.4) is 0 Å². The highest BCUT2D eigenvalue weighted by Gasteiger charge is 2.13. The third-order valence-electron chi connectivity index (χ3n) is 3.81. The summed E-state index contributed by atoms with van der Waals surface area (Å²) in [5.74, 6) is 2.99. The van der Waals surface area contributed by atoms with Crippen molar-refractivity contribution in [1.29, 1.82) is 0 Å². The van der Waals surface area contributed by atoms with Crippen molar-refractivity contribution < 1.29 is 4.79 Å². The van der Waals surface area contributed by atoms with Crippen LogP contribution in [0.4, 0.5) is 16.2 Å². The Balaban J connectivity index is 1.90. The van der Waals surface area contributed by atoms with Gasteiger partial charge in [-0.25, -0.2) is 4.79 Å². The van der Waals surface area contributed by atoms with Crippen LogP contribution in [0, 0.1) is 12.8 Å². The SMILES string of the molecule is Cc1cc(NC(=O)NCCC(C)C)ccc1N1CCSCC1. The van der Waals surface area contributed by atoms with E-state index in [1.807, 2.05) is 17.8 Å². The first kappa shape index (κ1) is 17.0. The largest absolute Gasteiger partial charge is 0.370 e. The number of carbonyl (C=O) groups excluding carboxylic acids is 1. The van der Waals surface area contributed by atoms with E-state index in [0.717, 1.165) is 25.2 Å². The second kappa shape index (κ2) is 8.32. The van der Waals surface area contributed by atoms with Crippen molar-refractivity contribution in [3.8, 4) is 0 Å². The van der Waals surface area contributed by atoms with Gasteiger partial charge in [0.1, 0.15) is 0 Å². The standard InChI is InChI=1S/C17H27N3OS/c1-13(2)6-7-18-17(21)19-15-4-5-16(14(3)12-15)20-8-10-22-11-9-20/h4-5,12-13H,6-11H2,1-3H3,(H2,18,19,21). The smallest absolute Gasteiger partial charge is 0.319 e. The van der Waals surface area contributed by atoms with E-state index in [-0.39, 0.29) is 6.03 Å². The molecule has 1 aromatic rings. The van der Waals surface area contributed by atoms with E-state index >= 15 is 0 Å². The van der Waals surface area contributed by atoms with Crippen LogP contribution in [0.5, 0.6) is 0 Å². The molecule has 4 nitrogen and oxygen atoms in total. The molecule has 1 fully saturated rings. The molecule has 1 saturated heterocycles. The Morgan fingerprint density at radius 1 is 1.32 bits per heavy atom. The van der Waals surface area contributed by atoms with E-state index in [1.54, 1.807) is 0 Å². The Morgan fingerprint density at radius 3 is 2.68 bits per heavy atom. The van der Waals surface area contributed by atoms with Crippen LogP contribution in [-0.2, 0) is 0 Å². The number of nitrogens with one attached hydrogen (secondary N) is 2. The molecule has 0 spiro atoms. The highest BCUT2D eigenvalue weighted by Crippen LogP contribution is 2.26. The molecule has 1 aliphatic heterocycles. The summed E-state index contributed by atoms with van der Waals surface area (Å²) in [6.07, 6.45) is 0.998. The van der Waals surface area contributed by atoms with Crippen molar-refractivity contribution in [2.45, 2.75) is 27.2 Å². The highest BCUT2D eigenvalue weighted by molar-refractivity contribution is 7.99. The molecule has 0 unspecified atom stereocenters. The van der Waals surface area contributed by atoms with E-state index in [2.05, 4.69) is 48.4 Å². The lowest BCUT2D eigenvalue weighted by Gasteiger charge is -2.30. The fraction of sp³-hybridized carbons (Fsp3) is 0.588. The van der Waals surface area contributed by atoms with Gasteiger partial charge in [-0.2, -0.15) is 11.8 Å². The van der Waals surface area contributed by atoms with Gasteiger partial charge >= 0.3 is 6.03 Å². The number of thioether (sulfide) groups is 1. The van der Waals surface area contributed by atoms with Gasteiger partial charge in [0.2, 0.25) is 0 Å². The van der Waals surface area contributed by atoms with Crippen LogP contribution >= 0.6 is 11.8 Å². The molecule has 1 aromatic carbocycles. The number of rotatable bonds is 5. The lowest BCUT2D eigenvalue weighted by Crippen LogP contribution is -2.33. The van der Waals surface area contributed by atoms with Crippen LogP contribution in [-0.4, -0.2) is 37.2 Å². The number of benzene rings is 1. The average Bonchev–Trinajstić information content (AvgIpc) is 2.48. The van der Waals surface area contributed by atoms with E-state index in [1.165, 1.54) is 22.8 Å². The Bertz CT molecular complexity index is 499. The molecule has 22 heavy (non-hydrogen) atoms.